The van der Waals surface area contributed by atoms with Crippen LogP contribution in [0.1, 0.15) is 50.8 Å². The first-order chi connectivity index (χ1) is 6.67. The van der Waals surface area contributed by atoms with Gasteiger partial charge in [0.25, 0.3) is 0 Å². The lowest BCUT2D eigenvalue weighted by atomic mass is 9.95. The van der Waals surface area contributed by atoms with Crippen LogP contribution in [0.5, 0.6) is 0 Å². The summed E-state index contributed by atoms with van der Waals surface area (Å²) in [5.74, 6) is 1.41. The fourth-order valence-electron chi connectivity index (χ4n) is 1.69. The minimum Gasteiger partial charge on any atom is -0.0651 e. The largest absolute Gasteiger partial charge is 0.0651 e. The fraction of sp³-hybridized carbons (Fsp3) is 0.500. The van der Waals surface area contributed by atoms with Crippen LogP contribution in [0.15, 0.2) is 18.2 Å². The van der Waals surface area contributed by atoms with Gasteiger partial charge in [-0.1, -0.05) is 52.3 Å². The van der Waals surface area contributed by atoms with E-state index < -0.39 is 0 Å². The molecule has 77 valence electrons. The van der Waals surface area contributed by atoms with Gasteiger partial charge in [-0.2, -0.15) is 0 Å². The first-order valence-electron chi connectivity index (χ1n) is 5.60. The van der Waals surface area contributed by atoms with E-state index in [1.54, 1.807) is 0 Å². The molecule has 0 aliphatic rings. The Hall–Kier alpha value is -0.780. The van der Waals surface area contributed by atoms with Gasteiger partial charge < -0.3 is 0 Å². The van der Waals surface area contributed by atoms with Crippen LogP contribution in [0, 0.1) is 5.92 Å². The summed E-state index contributed by atoms with van der Waals surface area (Å²) in [6.45, 7) is 8.83. The lowest BCUT2D eigenvalue weighted by Crippen LogP contribution is -1.95. The number of aryl methyl sites for hydroxylation is 2. The van der Waals surface area contributed by atoms with Crippen LogP contribution in [0.4, 0.5) is 0 Å². The highest BCUT2D eigenvalue weighted by molar-refractivity contribution is 5.37. The molecule has 0 unspecified atom stereocenters. The van der Waals surface area contributed by atoms with Crippen LogP contribution >= 0.6 is 0 Å². The molecule has 0 bridgehead atoms. The van der Waals surface area contributed by atoms with Gasteiger partial charge in [0.15, 0.2) is 0 Å². The van der Waals surface area contributed by atoms with Crippen LogP contribution in [-0.4, -0.2) is 0 Å². The van der Waals surface area contributed by atoms with Crippen LogP contribution in [-0.2, 0) is 12.8 Å². The average molecular weight is 189 g/mol. The summed E-state index contributed by atoms with van der Waals surface area (Å²) in [5, 5.41) is 0. The highest BCUT2D eigenvalue weighted by Crippen LogP contribution is 2.19. The lowest BCUT2D eigenvalue weighted by molar-refractivity contribution is 0.912. The molecule has 0 aromatic heterocycles. The Morgan fingerprint density at radius 3 is 2.14 bits per heavy atom. The predicted octanol–water partition coefficient (Wildman–Crippen LogP) is 4.16. The van der Waals surface area contributed by atoms with E-state index in [1.807, 2.05) is 0 Å². The van der Waals surface area contributed by atoms with Crippen molar-refractivity contribution in [2.24, 2.45) is 0 Å². The van der Waals surface area contributed by atoms with Crippen LogP contribution in [0.3, 0.4) is 0 Å². The van der Waals surface area contributed by atoms with Gasteiger partial charge in [-0.25, -0.2) is 0 Å². The lowest BCUT2D eigenvalue weighted by Gasteiger charge is -2.10. The van der Waals surface area contributed by atoms with Crippen molar-refractivity contribution in [3.8, 4) is 0 Å². The third-order valence-electron chi connectivity index (χ3n) is 2.58. The Bertz CT molecular complexity index is 284. The Kier molecular flexibility index (Phi) is 4.19. The molecule has 0 nitrogen and oxygen atoms in total. The molecule has 0 aliphatic heterocycles. The molecule has 0 aliphatic carbocycles. The number of hydrogen-bond acceptors (Lipinski definition) is 0. The van der Waals surface area contributed by atoms with Crippen LogP contribution in [0.2, 0.25) is 0 Å². The minimum absolute atomic E-state index is 1.14. The number of benzene rings is 1. The Morgan fingerprint density at radius 2 is 1.64 bits per heavy atom. The van der Waals surface area contributed by atoms with E-state index in [9.17, 15) is 0 Å². The van der Waals surface area contributed by atoms with Crippen molar-refractivity contribution >= 4 is 0 Å². The average Bonchev–Trinajstić information content (AvgIpc) is 2.17. The van der Waals surface area contributed by atoms with Crippen LogP contribution < -0.4 is 0 Å². The zero-order chi connectivity index (χ0) is 10.6. The van der Waals surface area contributed by atoms with Gasteiger partial charge in [0.05, 0.1) is 0 Å². The molecule has 0 heteroatoms. The second-order valence-corrected chi connectivity index (χ2v) is 4.14. The molecule has 1 radical (unpaired) electrons. The quantitative estimate of drug-likeness (QED) is 0.667. The fourth-order valence-corrected chi connectivity index (χ4v) is 1.69. The molecule has 1 rings (SSSR count). The summed E-state index contributed by atoms with van der Waals surface area (Å²) in [4.78, 5) is 0. The topological polar surface area (TPSA) is 0 Å². The van der Waals surface area contributed by atoms with Crippen molar-refractivity contribution in [2.45, 2.75) is 47.0 Å². The number of hydrogen-bond donors (Lipinski definition) is 0. The van der Waals surface area contributed by atoms with E-state index >= 15 is 0 Å². The van der Waals surface area contributed by atoms with Crippen molar-refractivity contribution in [3.05, 3.63) is 40.8 Å². The summed E-state index contributed by atoms with van der Waals surface area (Å²) in [6, 6.07) is 6.99. The van der Waals surface area contributed by atoms with Gasteiger partial charge in [-0.15, -0.1) is 0 Å². The monoisotopic (exact) mass is 189 g/mol. The van der Waals surface area contributed by atoms with Crippen molar-refractivity contribution in [3.63, 3.8) is 0 Å². The smallest absolute Gasteiger partial charge is 0.00118 e. The van der Waals surface area contributed by atoms with Crippen molar-refractivity contribution in [1.82, 2.24) is 0 Å². The van der Waals surface area contributed by atoms with Gasteiger partial charge in [0.2, 0.25) is 0 Å². The number of rotatable bonds is 4. The van der Waals surface area contributed by atoms with E-state index in [0.717, 1.165) is 6.42 Å². The Morgan fingerprint density at radius 1 is 1.00 bits per heavy atom. The second kappa shape index (κ2) is 5.19. The molecule has 1 aromatic rings. The zero-order valence-electron chi connectivity index (χ0n) is 9.85. The predicted molar refractivity (Wildman–Crippen MR) is 63.5 cm³/mol. The first kappa shape index (κ1) is 11.3. The normalized spacial score (nSPS) is 10.9. The van der Waals surface area contributed by atoms with E-state index in [2.05, 4.69) is 45.9 Å². The minimum atomic E-state index is 1.14. The molecule has 0 fully saturated rings. The van der Waals surface area contributed by atoms with Crippen LogP contribution in [0.25, 0.3) is 0 Å². The molecule has 14 heavy (non-hydrogen) atoms. The molecule has 0 N–H and O–H groups in total. The maximum atomic E-state index is 2.34. The van der Waals surface area contributed by atoms with Gasteiger partial charge in [-0.05, 0) is 35.4 Å². The maximum absolute atomic E-state index is 2.34. The van der Waals surface area contributed by atoms with E-state index in [4.69, 9.17) is 0 Å². The Balaban J connectivity index is 3.00. The van der Waals surface area contributed by atoms with E-state index in [-0.39, 0.29) is 0 Å². The van der Waals surface area contributed by atoms with E-state index in [0.29, 0.717) is 0 Å². The van der Waals surface area contributed by atoms with Crippen molar-refractivity contribution in [1.29, 1.82) is 0 Å². The molecule has 0 saturated heterocycles. The Labute approximate surface area is 88.4 Å². The summed E-state index contributed by atoms with van der Waals surface area (Å²) in [5.41, 5.74) is 4.36. The molecule has 0 atom stereocenters. The first-order valence-corrected chi connectivity index (χ1v) is 5.60. The summed E-state index contributed by atoms with van der Waals surface area (Å²) >= 11 is 0. The maximum Gasteiger partial charge on any atom is -0.00118 e. The highest BCUT2D eigenvalue weighted by atomic mass is 14.1. The molecule has 0 heterocycles. The zero-order valence-corrected chi connectivity index (χ0v) is 9.85. The molecule has 0 saturated carbocycles. The van der Waals surface area contributed by atoms with Gasteiger partial charge in [0, 0.05) is 0 Å². The third-order valence-corrected chi connectivity index (χ3v) is 2.58. The van der Waals surface area contributed by atoms with Gasteiger partial charge in [-0.3, -0.25) is 0 Å². The second-order valence-electron chi connectivity index (χ2n) is 4.14. The van der Waals surface area contributed by atoms with Crippen molar-refractivity contribution in [2.75, 3.05) is 0 Å². The standard InChI is InChI=1S/C14H21/c1-5-7-13-8-12(6-2)9-14(10-13)11(3)4/h8-10H,5-7H2,1-4H3. The van der Waals surface area contributed by atoms with E-state index in [1.165, 1.54) is 35.4 Å². The molecule has 0 spiro atoms. The van der Waals surface area contributed by atoms with Gasteiger partial charge >= 0.3 is 0 Å². The molecule has 1 aromatic carbocycles. The molecule has 0 amide bonds. The summed E-state index contributed by atoms with van der Waals surface area (Å²) in [6.07, 6.45) is 3.57. The summed E-state index contributed by atoms with van der Waals surface area (Å²) < 4.78 is 0. The molecular formula is C14H21. The van der Waals surface area contributed by atoms with Crippen molar-refractivity contribution < 1.29 is 0 Å². The molecular weight excluding hydrogens is 168 g/mol. The third kappa shape index (κ3) is 2.87. The highest BCUT2D eigenvalue weighted by Gasteiger charge is 2.03. The van der Waals surface area contributed by atoms with Gasteiger partial charge in [0.1, 0.15) is 0 Å². The SMILES string of the molecule is CCCc1cc(CC)cc([C](C)C)c1. The summed E-state index contributed by atoms with van der Waals surface area (Å²) in [7, 11) is 0.